The average Bonchev–Trinajstić information content (AvgIpc) is 2.35. The predicted molar refractivity (Wildman–Crippen MR) is 70.1 cm³/mol. The molecular weight excluding hydrogens is 251 g/mol. The summed E-state index contributed by atoms with van der Waals surface area (Å²) in [6, 6.07) is 7.96. The molecule has 1 atom stereocenters. The lowest BCUT2D eigenvalue weighted by Crippen LogP contribution is -2.38. The lowest BCUT2D eigenvalue weighted by molar-refractivity contribution is 0.438. The van der Waals surface area contributed by atoms with Crippen molar-refractivity contribution in [1.29, 1.82) is 5.26 Å². The highest BCUT2D eigenvalue weighted by atomic mass is 32.1. The first-order valence-corrected chi connectivity index (χ1v) is 5.63. The molecule has 0 bridgehead atoms. The van der Waals surface area contributed by atoms with Gasteiger partial charge in [0.25, 0.3) is 0 Å². The van der Waals surface area contributed by atoms with E-state index in [0.29, 0.717) is 22.5 Å². The van der Waals surface area contributed by atoms with E-state index >= 15 is 0 Å². The summed E-state index contributed by atoms with van der Waals surface area (Å²) < 4.78 is 14.6. The number of benzene rings is 1. The summed E-state index contributed by atoms with van der Waals surface area (Å²) in [4.78, 5) is 4.17. The second-order valence-corrected chi connectivity index (χ2v) is 4.25. The van der Waals surface area contributed by atoms with Crippen molar-refractivity contribution in [3.63, 3.8) is 0 Å². The number of hydrogen-bond donors (Lipinski definition) is 2. The maximum Gasteiger partial charge on any atom is 0.183 e. The normalized spacial score (nSPS) is 19.6. The van der Waals surface area contributed by atoms with Crippen LogP contribution >= 0.6 is 12.8 Å². The summed E-state index contributed by atoms with van der Waals surface area (Å²) >= 11 is 4.16. The minimum atomic E-state index is -0.691. The van der Waals surface area contributed by atoms with Crippen molar-refractivity contribution in [3.05, 3.63) is 46.9 Å². The number of hydrogen-bond acceptors (Lipinski definition) is 5. The zero-order valence-electron chi connectivity index (χ0n) is 9.63. The van der Waals surface area contributed by atoms with E-state index in [9.17, 15) is 9.65 Å². The maximum atomic E-state index is 13.2. The van der Waals surface area contributed by atoms with Crippen LogP contribution in [0.4, 0.5) is 4.39 Å². The van der Waals surface area contributed by atoms with E-state index in [4.69, 9.17) is 5.73 Å². The molecule has 0 amide bonds. The van der Waals surface area contributed by atoms with E-state index in [1.54, 1.807) is 19.1 Å². The second-order valence-electron chi connectivity index (χ2n) is 3.82. The fourth-order valence-corrected chi connectivity index (χ4v) is 1.88. The molecule has 1 aliphatic rings. The van der Waals surface area contributed by atoms with Crippen LogP contribution in [0.2, 0.25) is 0 Å². The molecule has 18 heavy (non-hydrogen) atoms. The summed E-state index contributed by atoms with van der Waals surface area (Å²) in [7, 11) is 0. The molecule has 1 heterocycles. The van der Waals surface area contributed by atoms with Gasteiger partial charge in [0, 0.05) is 11.3 Å². The molecule has 1 aliphatic heterocycles. The van der Waals surface area contributed by atoms with E-state index in [2.05, 4.69) is 23.9 Å². The van der Waals surface area contributed by atoms with Gasteiger partial charge in [0.05, 0.1) is 11.3 Å². The number of aliphatic imine (C=N–C) groups is 1. The zero-order chi connectivity index (χ0) is 13.3. The summed E-state index contributed by atoms with van der Waals surface area (Å²) in [6.45, 7) is 1.72. The smallest absolute Gasteiger partial charge is 0.183 e. The van der Waals surface area contributed by atoms with Gasteiger partial charge in [0.2, 0.25) is 0 Å². The Morgan fingerprint density at radius 3 is 2.89 bits per heavy atom. The highest BCUT2D eigenvalue weighted by Gasteiger charge is 2.25. The van der Waals surface area contributed by atoms with Gasteiger partial charge in [-0.2, -0.15) is 5.26 Å². The third-order valence-electron chi connectivity index (χ3n) is 2.66. The topological polar surface area (TPSA) is 65.4 Å². The van der Waals surface area contributed by atoms with Crippen LogP contribution in [0.5, 0.6) is 0 Å². The van der Waals surface area contributed by atoms with Crippen molar-refractivity contribution in [1.82, 2.24) is 4.31 Å². The van der Waals surface area contributed by atoms with Gasteiger partial charge < -0.3 is 0 Å². The van der Waals surface area contributed by atoms with Crippen LogP contribution < -0.4 is 5.73 Å². The molecule has 1 aromatic carbocycles. The van der Waals surface area contributed by atoms with Crippen molar-refractivity contribution in [3.8, 4) is 6.07 Å². The molecule has 92 valence electrons. The molecule has 0 fully saturated rings. The average molecular weight is 262 g/mol. The first kappa shape index (κ1) is 12.6. The van der Waals surface area contributed by atoms with Crippen molar-refractivity contribution >= 4 is 18.5 Å². The van der Waals surface area contributed by atoms with Crippen molar-refractivity contribution < 1.29 is 4.39 Å². The van der Waals surface area contributed by atoms with Gasteiger partial charge in [-0.25, -0.2) is 9.38 Å². The van der Waals surface area contributed by atoms with Crippen LogP contribution in [0.3, 0.4) is 0 Å². The Hall–Kier alpha value is -1.84. The van der Waals surface area contributed by atoms with Gasteiger partial charge in [0.15, 0.2) is 6.29 Å². The van der Waals surface area contributed by atoms with Gasteiger partial charge in [0.1, 0.15) is 11.9 Å². The van der Waals surface area contributed by atoms with E-state index < -0.39 is 6.29 Å². The number of nitrogens with zero attached hydrogens (tertiary/aromatic N) is 3. The summed E-state index contributed by atoms with van der Waals surface area (Å²) in [5.74, 6) is -0.382. The van der Waals surface area contributed by atoms with E-state index in [0.717, 1.165) is 0 Å². The van der Waals surface area contributed by atoms with Gasteiger partial charge in [-0.15, -0.1) is 0 Å². The fourth-order valence-electron chi connectivity index (χ4n) is 1.72. The van der Waals surface area contributed by atoms with Gasteiger partial charge in [-0.3, -0.25) is 10.0 Å². The third-order valence-corrected chi connectivity index (χ3v) is 3.20. The first-order chi connectivity index (χ1) is 8.54. The molecule has 2 rings (SSSR count). The third kappa shape index (κ3) is 2.10. The molecule has 0 aromatic heterocycles. The molecule has 4 nitrogen and oxygen atoms in total. The first-order valence-electron chi connectivity index (χ1n) is 5.23. The number of rotatable bonds is 1. The monoisotopic (exact) mass is 262 g/mol. The Morgan fingerprint density at radius 1 is 1.56 bits per heavy atom. The number of allylic oxidation sites excluding steroid dienone is 2. The Bertz CT molecular complexity index is 588. The summed E-state index contributed by atoms with van der Waals surface area (Å²) in [6.07, 6.45) is -0.691. The molecule has 0 spiro atoms. The quantitative estimate of drug-likeness (QED) is 0.759. The van der Waals surface area contributed by atoms with Gasteiger partial charge >= 0.3 is 0 Å². The summed E-state index contributed by atoms with van der Waals surface area (Å²) in [5.41, 5.74) is 7.65. The predicted octanol–water partition coefficient (Wildman–Crippen LogP) is 1.82. The lowest BCUT2D eigenvalue weighted by atomic mass is 10.0. The van der Waals surface area contributed by atoms with Crippen molar-refractivity contribution in [2.75, 3.05) is 0 Å². The van der Waals surface area contributed by atoms with Crippen LogP contribution in [0.25, 0.3) is 0 Å². The lowest BCUT2D eigenvalue weighted by Gasteiger charge is -2.28. The van der Waals surface area contributed by atoms with Gasteiger partial charge in [-0.05, 0) is 19.1 Å². The van der Waals surface area contributed by atoms with Crippen LogP contribution in [0.15, 0.2) is 40.5 Å². The number of thiol groups is 1. The number of halogens is 1. The van der Waals surface area contributed by atoms with E-state index in [-0.39, 0.29) is 5.82 Å². The number of nitriles is 1. The van der Waals surface area contributed by atoms with Gasteiger partial charge in [-0.1, -0.05) is 24.9 Å². The highest BCUT2D eigenvalue weighted by molar-refractivity contribution is 7.77. The summed E-state index contributed by atoms with van der Waals surface area (Å²) in [5, 5.41) is 9.18. The molecule has 1 aromatic rings. The minimum absolute atomic E-state index is 0.345. The Balaban J connectivity index is 2.57. The van der Waals surface area contributed by atoms with Crippen LogP contribution in [0.1, 0.15) is 12.5 Å². The molecule has 6 heteroatoms. The largest absolute Gasteiger partial charge is 0.292 e. The van der Waals surface area contributed by atoms with E-state index in [1.807, 2.05) is 0 Å². The Labute approximate surface area is 110 Å². The molecule has 0 aliphatic carbocycles. The highest BCUT2D eigenvalue weighted by Crippen LogP contribution is 2.24. The van der Waals surface area contributed by atoms with Crippen LogP contribution in [0, 0.1) is 17.1 Å². The molecule has 2 N–H and O–H groups in total. The fraction of sp³-hybridized carbons (Fsp3) is 0.167. The Morgan fingerprint density at radius 2 is 2.28 bits per heavy atom. The standard InChI is InChI=1S/C12H11FN4S/c1-7-10(6-14)11(16-12(15)17(7)18)8-3-2-4-9(13)5-8/h2-5,12,18H,15H2,1H3. The van der Waals surface area contributed by atoms with Crippen LogP contribution in [-0.4, -0.2) is 16.3 Å². The number of nitrogens with two attached hydrogens (primary N) is 1. The SMILES string of the molecule is CC1=C(C#N)C(c2cccc(F)c2)=NC(N)N1S. The minimum Gasteiger partial charge on any atom is -0.292 e. The Kier molecular flexibility index (Phi) is 3.36. The van der Waals surface area contributed by atoms with Crippen molar-refractivity contribution in [2.45, 2.75) is 13.2 Å². The molecule has 0 saturated heterocycles. The zero-order valence-corrected chi connectivity index (χ0v) is 10.5. The molecule has 0 saturated carbocycles. The maximum absolute atomic E-state index is 13.2. The van der Waals surface area contributed by atoms with E-state index in [1.165, 1.54) is 16.4 Å². The molecule has 1 unspecified atom stereocenters. The van der Waals surface area contributed by atoms with Crippen molar-refractivity contribution in [2.24, 2.45) is 10.7 Å². The molecule has 0 radical (unpaired) electrons. The second kappa shape index (κ2) is 4.80. The van der Waals surface area contributed by atoms with Crippen LogP contribution in [-0.2, 0) is 0 Å². The molecular formula is C12H11FN4S.